The van der Waals surface area contributed by atoms with Gasteiger partial charge >= 0.3 is 0 Å². The highest BCUT2D eigenvalue weighted by atomic mass is 35.5. The Morgan fingerprint density at radius 3 is 2.68 bits per heavy atom. The summed E-state index contributed by atoms with van der Waals surface area (Å²) in [5.41, 5.74) is 0.908. The summed E-state index contributed by atoms with van der Waals surface area (Å²) in [6, 6.07) is 4.18. The molecule has 1 fully saturated rings. The summed E-state index contributed by atoms with van der Waals surface area (Å²) >= 11 is 6.01. The number of piperidine rings is 1. The number of aromatic nitrogens is 3. The van der Waals surface area contributed by atoms with Crippen LogP contribution in [-0.4, -0.2) is 50.8 Å². The third-order valence-corrected chi connectivity index (χ3v) is 5.06. The first kappa shape index (κ1) is 20.3. The zero-order valence-electron chi connectivity index (χ0n) is 15.9. The number of amides is 2. The molecule has 2 amide bonds. The molecule has 0 unspecified atom stereocenters. The van der Waals surface area contributed by atoms with Crippen molar-refractivity contribution in [2.45, 2.75) is 45.2 Å². The molecule has 1 aliphatic heterocycles. The molecule has 1 N–H and O–H groups in total. The molecule has 0 bridgehead atoms. The molecular formula is C19H23ClFN5O2. The predicted octanol–water partition coefficient (Wildman–Crippen LogP) is 2.62. The van der Waals surface area contributed by atoms with Crippen LogP contribution in [0.5, 0.6) is 0 Å². The molecule has 2 aromatic rings. The van der Waals surface area contributed by atoms with Gasteiger partial charge in [-0.25, -0.2) is 9.07 Å². The van der Waals surface area contributed by atoms with E-state index in [4.69, 9.17) is 11.6 Å². The summed E-state index contributed by atoms with van der Waals surface area (Å²) in [7, 11) is 0. The Morgan fingerprint density at radius 2 is 2.04 bits per heavy atom. The van der Waals surface area contributed by atoms with E-state index in [-0.39, 0.29) is 41.0 Å². The van der Waals surface area contributed by atoms with Gasteiger partial charge in [0, 0.05) is 24.2 Å². The third-order valence-electron chi connectivity index (χ3n) is 4.71. The fourth-order valence-electron chi connectivity index (χ4n) is 3.21. The number of nitrogens with zero attached hydrogens (tertiary/aromatic N) is 4. The molecule has 2 heterocycles. The molecule has 0 aliphatic carbocycles. The number of carbonyl (C=O) groups excluding carboxylic acids is 2. The van der Waals surface area contributed by atoms with E-state index in [0.717, 1.165) is 12.8 Å². The lowest BCUT2D eigenvalue weighted by molar-refractivity contribution is -0.131. The summed E-state index contributed by atoms with van der Waals surface area (Å²) in [5.74, 6) is -0.705. The van der Waals surface area contributed by atoms with Crippen molar-refractivity contribution in [3.8, 4) is 0 Å². The molecule has 9 heteroatoms. The first-order chi connectivity index (χ1) is 13.3. The van der Waals surface area contributed by atoms with Crippen molar-refractivity contribution in [2.75, 3.05) is 13.1 Å². The van der Waals surface area contributed by atoms with Gasteiger partial charge in [0.2, 0.25) is 5.91 Å². The van der Waals surface area contributed by atoms with Crippen LogP contribution in [-0.2, 0) is 11.2 Å². The Bertz CT molecular complexity index is 862. The Balaban J connectivity index is 1.55. The molecule has 1 aromatic heterocycles. The molecule has 150 valence electrons. The zero-order valence-corrected chi connectivity index (χ0v) is 16.6. The Labute approximate surface area is 167 Å². The van der Waals surface area contributed by atoms with Crippen molar-refractivity contribution in [3.05, 3.63) is 46.5 Å². The Kier molecular flexibility index (Phi) is 6.28. The molecule has 1 aromatic carbocycles. The number of nitrogens with one attached hydrogen (secondary N) is 1. The number of halogens is 2. The van der Waals surface area contributed by atoms with E-state index in [1.54, 1.807) is 21.8 Å². The predicted molar refractivity (Wildman–Crippen MR) is 103 cm³/mol. The van der Waals surface area contributed by atoms with Crippen LogP contribution in [0, 0.1) is 5.82 Å². The molecule has 28 heavy (non-hydrogen) atoms. The van der Waals surface area contributed by atoms with Crippen molar-refractivity contribution < 1.29 is 14.0 Å². The highest BCUT2D eigenvalue weighted by Crippen LogP contribution is 2.24. The maximum atomic E-state index is 13.1. The summed E-state index contributed by atoms with van der Waals surface area (Å²) in [6.07, 6.45) is 3.24. The second-order valence-electron chi connectivity index (χ2n) is 7.24. The van der Waals surface area contributed by atoms with Crippen LogP contribution in [0.15, 0.2) is 24.4 Å². The number of rotatable bonds is 5. The van der Waals surface area contributed by atoms with Crippen LogP contribution in [0.2, 0.25) is 5.02 Å². The van der Waals surface area contributed by atoms with Gasteiger partial charge in [0.05, 0.1) is 18.7 Å². The van der Waals surface area contributed by atoms with Gasteiger partial charge < -0.3 is 10.2 Å². The molecule has 1 saturated heterocycles. The van der Waals surface area contributed by atoms with E-state index >= 15 is 0 Å². The lowest BCUT2D eigenvalue weighted by atomic mass is 10.0. The van der Waals surface area contributed by atoms with Gasteiger partial charge in [-0.05, 0) is 44.4 Å². The summed E-state index contributed by atoms with van der Waals surface area (Å²) in [5, 5.41) is 11.1. The topological polar surface area (TPSA) is 80.1 Å². The standard InChI is InChI=1S/C19H23ClFN5O2/c1-12(2)22-19(28)17-11-26(24-23-17)15-5-7-25(8-6-15)18(27)9-13-3-4-14(21)10-16(13)20/h3-4,10-12,15H,5-9H2,1-2H3,(H,22,28). The first-order valence-corrected chi connectivity index (χ1v) is 9.65. The SMILES string of the molecule is CC(C)NC(=O)c1cn(C2CCN(C(=O)Cc3ccc(F)cc3Cl)CC2)nn1. The average Bonchev–Trinajstić information content (AvgIpc) is 3.14. The first-order valence-electron chi connectivity index (χ1n) is 9.28. The average molecular weight is 408 g/mol. The summed E-state index contributed by atoms with van der Waals surface area (Å²) < 4.78 is 14.8. The molecule has 7 nitrogen and oxygen atoms in total. The molecule has 0 radical (unpaired) electrons. The summed E-state index contributed by atoms with van der Waals surface area (Å²) in [6.45, 7) is 4.92. The highest BCUT2D eigenvalue weighted by Gasteiger charge is 2.25. The molecule has 0 atom stereocenters. The second-order valence-corrected chi connectivity index (χ2v) is 7.64. The number of benzene rings is 1. The van der Waals surface area contributed by atoms with Crippen LogP contribution in [0.3, 0.4) is 0 Å². The van der Waals surface area contributed by atoms with Crippen LogP contribution in [0.4, 0.5) is 4.39 Å². The lowest BCUT2D eigenvalue weighted by Gasteiger charge is -2.32. The van der Waals surface area contributed by atoms with E-state index < -0.39 is 5.82 Å². The molecule has 0 spiro atoms. The number of likely N-dealkylation sites (tertiary alicyclic amines) is 1. The molecule has 0 saturated carbocycles. The smallest absolute Gasteiger partial charge is 0.273 e. The van der Waals surface area contributed by atoms with Crippen molar-refractivity contribution in [1.82, 2.24) is 25.2 Å². The maximum Gasteiger partial charge on any atom is 0.273 e. The Morgan fingerprint density at radius 1 is 1.32 bits per heavy atom. The second kappa shape index (κ2) is 8.68. The van der Waals surface area contributed by atoms with Gasteiger partial charge in [0.1, 0.15) is 5.82 Å². The summed E-state index contributed by atoms with van der Waals surface area (Å²) in [4.78, 5) is 26.3. The van der Waals surface area contributed by atoms with Gasteiger partial charge in [-0.15, -0.1) is 5.10 Å². The van der Waals surface area contributed by atoms with Crippen molar-refractivity contribution in [3.63, 3.8) is 0 Å². The molecule has 1 aliphatic rings. The van der Waals surface area contributed by atoms with Crippen molar-refractivity contribution in [1.29, 1.82) is 0 Å². The van der Waals surface area contributed by atoms with Crippen LogP contribution in [0.1, 0.15) is 48.8 Å². The third kappa shape index (κ3) is 4.86. The highest BCUT2D eigenvalue weighted by molar-refractivity contribution is 6.31. The van der Waals surface area contributed by atoms with Crippen molar-refractivity contribution in [2.24, 2.45) is 0 Å². The van der Waals surface area contributed by atoms with E-state index in [0.29, 0.717) is 18.7 Å². The van der Waals surface area contributed by atoms with Crippen LogP contribution >= 0.6 is 11.6 Å². The fraction of sp³-hybridized carbons (Fsp3) is 0.474. The van der Waals surface area contributed by atoms with Gasteiger partial charge in [-0.1, -0.05) is 22.9 Å². The zero-order chi connectivity index (χ0) is 20.3. The van der Waals surface area contributed by atoms with E-state index in [1.807, 2.05) is 13.8 Å². The lowest BCUT2D eigenvalue weighted by Crippen LogP contribution is -2.40. The van der Waals surface area contributed by atoms with E-state index in [2.05, 4.69) is 15.6 Å². The minimum Gasteiger partial charge on any atom is -0.348 e. The number of carbonyl (C=O) groups is 2. The van der Waals surface area contributed by atoms with E-state index in [9.17, 15) is 14.0 Å². The largest absolute Gasteiger partial charge is 0.348 e. The maximum absolute atomic E-state index is 13.1. The van der Waals surface area contributed by atoms with Gasteiger partial charge in [-0.2, -0.15) is 0 Å². The van der Waals surface area contributed by atoms with Crippen molar-refractivity contribution >= 4 is 23.4 Å². The Hall–Kier alpha value is -2.48. The van der Waals surface area contributed by atoms with Gasteiger partial charge in [0.15, 0.2) is 5.69 Å². The number of hydrogen-bond donors (Lipinski definition) is 1. The molecule has 3 rings (SSSR count). The number of hydrogen-bond acceptors (Lipinski definition) is 4. The van der Waals surface area contributed by atoms with E-state index in [1.165, 1.54) is 12.1 Å². The normalized spacial score (nSPS) is 15.1. The molecular weight excluding hydrogens is 385 g/mol. The fourth-order valence-corrected chi connectivity index (χ4v) is 3.45. The van der Waals surface area contributed by atoms with Gasteiger partial charge in [-0.3, -0.25) is 9.59 Å². The monoisotopic (exact) mass is 407 g/mol. The van der Waals surface area contributed by atoms with Crippen LogP contribution < -0.4 is 5.32 Å². The quantitative estimate of drug-likeness (QED) is 0.826. The minimum atomic E-state index is -0.420. The van der Waals surface area contributed by atoms with Gasteiger partial charge in [0.25, 0.3) is 5.91 Å². The minimum absolute atomic E-state index is 0.0292. The van der Waals surface area contributed by atoms with Crippen LogP contribution in [0.25, 0.3) is 0 Å².